The van der Waals surface area contributed by atoms with Crippen LogP contribution in [0.25, 0.3) is 0 Å². The maximum absolute atomic E-state index is 13.6. The van der Waals surface area contributed by atoms with Crippen LogP contribution in [0.5, 0.6) is 0 Å². The average molecular weight is 389 g/mol. The summed E-state index contributed by atoms with van der Waals surface area (Å²) in [6.45, 7) is 6.74. The van der Waals surface area contributed by atoms with Gasteiger partial charge in [0.25, 0.3) is 0 Å². The molecular weight excluding hydrogens is 352 g/mol. The van der Waals surface area contributed by atoms with E-state index >= 15 is 0 Å². The molecule has 0 spiro atoms. The molecule has 8 atom stereocenters. The summed E-state index contributed by atoms with van der Waals surface area (Å²) < 4.78 is 0. The molecule has 4 saturated carbocycles. The van der Waals surface area contributed by atoms with Crippen LogP contribution < -0.4 is 0 Å². The van der Waals surface area contributed by atoms with E-state index in [4.69, 9.17) is 5.11 Å². The van der Waals surface area contributed by atoms with E-state index in [1.807, 2.05) is 0 Å². The third-order valence-corrected chi connectivity index (χ3v) is 9.91. The normalized spacial score (nSPS) is 46.5. The van der Waals surface area contributed by atoms with E-state index in [9.17, 15) is 14.4 Å². The van der Waals surface area contributed by atoms with Gasteiger partial charge in [-0.2, -0.15) is 0 Å². The van der Waals surface area contributed by atoms with Crippen molar-refractivity contribution in [2.75, 3.05) is 0 Å². The largest absolute Gasteiger partial charge is 0.481 e. The average Bonchev–Trinajstić information content (AvgIpc) is 3.00. The minimum absolute atomic E-state index is 0.154. The summed E-state index contributed by atoms with van der Waals surface area (Å²) in [5, 5.41) is 9.07. The minimum atomic E-state index is -0.736. The van der Waals surface area contributed by atoms with Crippen molar-refractivity contribution in [2.24, 2.45) is 46.3 Å². The number of carboxylic acids is 1. The van der Waals surface area contributed by atoms with Crippen molar-refractivity contribution >= 4 is 17.5 Å². The number of carbonyl (C=O) groups excluding carboxylic acids is 2. The lowest BCUT2D eigenvalue weighted by molar-refractivity contribution is -0.159. The summed E-state index contributed by atoms with van der Waals surface area (Å²) in [6, 6.07) is 0. The molecule has 0 aromatic carbocycles. The molecule has 4 rings (SSSR count). The van der Waals surface area contributed by atoms with Gasteiger partial charge in [-0.25, -0.2) is 0 Å². The van der Waals surface area contributed by atoms with Crippen LogP contribution >= 0.6 is 0 Å². The van der Waals surface area contributed by atoms with Crippen molar-refractivity contribution in [2.45, 2.75) is 85.0 Å². The maximum Gasteiger partial charge on any atom is 0.303 e. The van der Waals surface area contributed by atoms with Crippen LogP contribution in [0, 0.1) is 46.3 Å². The summed E-state index contributed by atoms with van der Waals surface area (Å²) in [4.78, 5) is 36.7. The minimum Gasteiger partial charge on any atom is -0.481 e. The number of fused-ring (bicyclic) bond motifs is 5. The first-order chi connectivity index (χ1) is 13.2. The zero-order valence-corrected chi connectivity index (χ0v) is 17.7. The lowest BCUT2D eigenvalue weighted by Crippen LogP contribution is -2.57. The third kappa shape index (κ3) is 2.89. The summed E-state index contributed by atoms with van der Waals surface area (Å²) in [7, 11) is 0. The maximum atomic E-state index is 13.6. The molecule has 4 nitrogen and oxygen atoms in total. The van der Waals surface area contributed by atoms with Crippen molar-refractivity contribution in [3.63, 3.8) is 0 Å². The van der Waals surface area contributed by atoms with E-state index in [1.54, 1.807) is 0 Å². The molecule has 0 aliphatic heterocycles. The number of Topliss-reactive ketones (excluding diaryl/α,β-unsaturated/α-hetero) is 2. The highest BCUT2D eigenvalue weighted by atomic mass is 16.4. The van der Waals surface area contributed by atoms with Gasteiger partial charge in [-0.15, -0.1) is 0 Å². The van der Waals surface area contributed by atoms with Gasteiger partial charge in [-0.3, -0.25) is 14.4 Å². The van der Waals surface area contributed by atoms with Gasteiger partial charge >= 0.3 is 5.97 Å². The summed E-state index contributed by atoms with van der Waals surface area (Å²) >= 11 is 0. The summed E-state index contributed by atoms with van der Waals surface area (Å²) in [5.41, 5.74) is -0.117. The Bertz CT molecular complexity index is 684. The SMILES string of the molecule is C[C@H](CCC(=O)O)[C@H]1CC[C@@H]2[C@H]3CC[C@H]4CC(=O)CC[C@]4(C)[C@@H]3CC(=O)[C@]21C. The number of ketones is 2. The predicted molar refractivity (Wildman–Crippen MR) is 107 cm³/mol. The van der Waals surface area contributed by atoms with Gasteiger partial charge < -0.3 is 5.11 Å². The van der Waals surface area contributed by atoms with Gasteiger partial charge in [0.1, 0.15) is 11.6 Å². The lowest BCUT2D eigenvalue weighted by atomic mass is 9.44. The Morgan fingerprint density at radius 2 is 1.86 bits per heavy atom. The van der Waals surface area contributed by atoms with E-state index in [0.29, 0.717) is 60.4 Å². The zero-order chi connectivity index (χ0) is 20.3. The molecule has 0 unspecified atom stereocenters. The molecule has 0 heterocycles. The van der Waals surface area contributed by atoms with Crippen molar-refractivity contribution < 1.29 is 19.5 Å². The topological polar surface area (TPSA) is 71.4 Å². The summed E-state index contributed by atoms with van der Waals surface area (Å²) in [5.74, 6) is 2.69. The van der Waals surface area contributed by atoms with Crippen LogP contribution in [0.2, 0.25) is 0 Å². The number of rotatable bonds is 4. The molecule has 0 aromatic heterocycles. The van der Waals surface area contributed by atoms with Crippen molar-refractivity contribution in [1.29, 1.82) is 0 Å². The second-order valence-corrected chi connectivity index (χ2v) is 10.9. The molecule has 0 bridgehead atoms. The highest BCUT2D eigenvalue weighted by Crippen LogP contribution is 2.67. The Morgan fingerprint density at radius 3 is 2.57 bits per heavy atom. The Hall–Kier alpha value is -1.19. The van der Waals surface area contributed by atoms with Crippen LogP contribution in [0.1, 0.15) is 85.0 Å². The fourth-order valence-corrected chi connectivity index (χ4v) is 8.25. The standard InChI is InChI=1S/C24H36O4/c1-14(4-9-22(27)28)18-7-8-19-17-6-5-15-12-16(25)10-11-23(15,2)20(17)13-21(26)24(18,19)3/h14-15,17-20H,4-13H2,1-3H3,(H,27,28)/t14-,15+,17-,18-,19-,20-,23+,24+/m1/s1. The number of hydrogen-bond acceptors (Lipinski definition) is 3. The number of carbonyl (C=O) groups is 3. The van der Waals surface area contributed by atoms with Crippen LogP contribution in [0.15, 0.2) is 0 Å². The van der Waals surface area contributed by atoms with Crippen molar-refractivity contribution in [3.05, 3.63) is 0 Å². The smallest absolute Gasteiger partial charge is 0.303 e. The Morgan fingerprint density at radius 1 is 1.11 bits per heavy atom. The fraction of sp³-hybridized carbons (Fsp3) is 0.875. The monoisotopic (exact) mass is 388 g/mol. The molecule has 0 amide bonds. The Labute approximate surface area is 168 Å². The zero-order valence-electron chi connectivity index (χ0n) is 17.7. The first kappa shape index (κ1) is 20.1. The van der Waals surface area contributed by atoms with Crippen molar-refractivity contribution in [3.8, 4) is 0 Å². The van der Waals surface area contributed by atoms with E-state index in [1.165, 1.54) is 6.42 Å². The van der Waals surface area contributed by atoms with Gasteiger partial charge in [0.15, 0.2) is 0 Å². The molecule has 4 aliphatic carbocycles. The van der Waals surface area contributed by atoms with E-state index < -0.39 is 5.97 Å². The first-order valence-electron chi connectivity index (χ1n) is 11.4. The molecule has 0 saturated heterocycles. The van der Waals surface area contributed by atoms with Crippen LogP contribution in [0.3, 0.4) is 0 Å². The van der Waals surface area contributed by atoms with Gasteiger partial charge in [0.05, 0.1) is 0 Å². The molecule has 156 valence electrons. The van der Waals surface area contributed by atoms with Crippen LogP contribution in [0.4, 0.5) is 0 Å². The van der Waals surface area contributed by atoms with Gasteiger partial charge in [-0.05, 0) is 79.4 Å². The quantitative estimate of drug-likeness (QED) is 0.744. The molecule has 4 heteroatoms. The van der Waals surface area contributed by atoms with Crippen LogP contribution in [-0.4, -0.2) is 22.6 Å². The third-order valence-electron chi connectivity index (χ3n) is 9.91. The lowest BCUT2D eigenvalue weighted by Gasteiger charge is -2.59. The molecule has 4 fully saturated rings. The predicted octanol–water partition coefficient (Wildman–Crippen LogP) is 4.89. The highest BCUT2D eigenvalue weighted by Gasteiger charge is 2.63. The van der Waals surface area contributed by atoms with E-state index in [2.05, 4.69) is 20.8 Å². The number of carboxylic acid groups (broad SMARTS) is 1. The van der Waals surface area contributed by atoms with Gasteiger partial charge in [-0.1, -0.05) is 20.8 Å². The molecular formula is C24H36O4. The Balaban J connectivity index is 1.58. The van der Waals surface area contributed by atoms with E-state index in [-0.39, 0.29) is 23.2 Å². The second-order valence-electron chi connectivity index (χ2n) is 10.9. The fourth-order valence-electron chi connectivity index (χ4n) is 8.25. The molecule has 4 aliphatic rings. The molecule has 1 N–H and O–H groups in total. The summed E-state index contributed by atoms with van der Waals surface area (Å²) in [6.07, 6.45) is 8.43. The molecule has 28 heavy (non-hydrogen) atoms. The first-order valence-corrected chi connectivity index (χ1v) is 11.4. The van der Waals surface area contributed by atoms with Gasteiger partial charge in [0, 0.05) is 31.1 Å². The number of hydrogen-bond donors (Lipinski definition) is 1. The highest BCUT2D eigenvalue weighted by molar-refractivity contribution is 5.87. The van der Waals surface area contributed by atoms with E-state index in [0.717, 1.165) is 32.1 Å². The Kier molecular flexibility index (Phi) is 4.99. The van der Waals surface area contributed by atoms with Crippen LogP contribution in [-0.2, 0) is 14.4 Å². The molecule has 0 aromatic rings. The van der Waals surface area contributed by atoms with Gasteiger partial charge in [0.2, 0.25) is 0 Å². The molecule has 0 radical (unpaired) electrons. The van der Waals surface area contributed by atoms with Crippen molar-refractivity contribution in [1.82, 2.24) is 0 Å². The number of aliphatic carboxylic acids is 1. The second kappa shape index (κ2) is 6.95.